The summed E-state index contributed by atoms with van der Waals surface area (Å²) in [6, 6.07) is 10.4. The van der Waals surface area contributed by atoms with E-state index >= 15 is 0 Å². The number of hydrogen-bond acceptors (Lipinski definition) is 2. The molecule has 3 heteroatoms. The van der Waals surface area contributed by atoms with E-state index < -0.39 is 0 Å². The second-order valence-electron chi connectivity index (χ2n) is 6.81. The Morgan fingerprint density at radius 1 is 1.10 bits per heavy atom. The molecular formula is C17H22N2O. The van der Waals surface area contributed by atoms with E-state index in [1.807, 2.05) is 6.07 Å². The molecule has 106 valence electrons. The largest absolute Gasteiger partial charge is 0.346 e. The Labute approximate surface area is 120 Å². The van der Waals surface area contributed by atoms with Crippen LogP contribution < -0.4 is 10.6 Å². The summed E-state index contributed by atoms with van der Waals surface area (Å²) < 4.78 is 0. The standard InChI is InChI=1S/C17H22N2O/c20-15(14-12-16(14)8-10-18-11-9-16)19-17(6-7-17)13-4-2-1-3-5-13/h1-5,14,18H,6-12H2,(H,19,20). The molecule has 2 N–H and O–H groups in total. The molecule has 1 amide bonds. The summed E-state index contributed by atoms with van der Waals surface area (Å²) >= 11 is 0. The van der Waals surface area contributed by atoms with Gasteiger partial charge < -0.3 is 10.6 Å². The maximum atomic E-state index is 12.6. The number of amides is 1. The molecule has 2 saturated carbocycles. The lowest BCUT2D eigenvalue weighted by atomic mass is 9.91. The summed E-state index contributed by atoms with van der Waals surface area (Å²) in [7, 11) is 0. The molecule has 1 aromatic carbocycles. The van der Waals surface area contributed by atoms with Gasteiger partial charge in [0, 0.05) is 5.92 Å². The minimum absolute atomic E-state index is 0.0466. The quantitative estimate of drug-likeness (QED) is 0.884. The van der Waals surface area contributed by atoms with Crippen molar-refractivity contribution >= 4 is 5.91 Å². The monoisotopic (exact) mass is 270 g/mol. The van der Waals surface area contributed by atoms with Crippen molar-refractivity contribution in [2.24, 2.45) is 11.3 Å². The number of hydrogen-bond donors (Lipinski definition) is 2. The fourth-order valence-corrected chi connectivity index (χ4v) is 3.89. The van der Waals surface area contributed by atoms with Gasteiger partial charge in [-0.1, -0.05) is 30.3 Å². The molecule has 2 aliphatic carbocycles. The van der Waals surface area contributed by atoms with E-state index in [9.17, 15) is 4.79 Å². The zero-order valence-electron chi connectivity index (χ0n) is 11.8. The van der Waals surface area contributed by atoms with Gasteiger partial charge in [0.25, 0.3) is 0 Å². The van der Waals surface area contributed by atoms with Crippen LogP contribution in [-0.2, 0) is 10.3 Å². The molecule has 1 aliphatic heterocycles. The van der Waals surface area contributed by atoms with Crippen LogP contribution in [0.1, 0.15) is 37.7 Å². The number of nitrogens with one attached hydrogen (secondary N) is 2. The first-order chi connectivity index (χ1) is 9.74. The molecule has 1 saturated heterocycles. The molecule has 1 spiro atoms. The summed E-state index contributed by atoms with van der Waals surface area (Å²) in [6.07, 6.45) is 5.62. The van der Waals surface area contributed by atoms with E-state index in [0.717, 1.165) is 32.4 Å². The van der Waals surface area contributed by atoms with E-state index in [2.05, 4.69) is 34.9 Å². The Morgan fingerprint density at radius 3 is 2.45 bits per heavy atom. The molecule has 1 atom stereocenters. The molecule has 3 aliphatic rings. The van der Waals surface area contributed by atoms with Gasteiger partial charge in [0.15, 0.2) is 0 Å². The van der Waals surface area contributed by atoms with Gasteiger partial charge in [-0.2, -0.15) is 0 Å². The summed E-state index contributed by atoms with van der Waals surface area (Å²) in [6.45, 7) is 2.15. The molecular weight excluding hydrogens is 248 g/mol. The van der Waals surface area contributed by atoms with Crippen LogP contribution in [0.2, 0.25) is 0 Å². The van der Waals surface area contributed by atoms with Gasteiger partial charge in [0.1, 0.15) is 0 Å². The van der Waals surface area contributed by atoms with Crippen LogP contribution in [0.4, 0.5) is 0 Å². The van der Waals surface area contributed by atoms with Gasteiger partial charge in [0.05, 0.1) is 5.54 Å². The first kappa shape index (κ1) is 12.4. The normalized spacial score (nSPS) is 28.9. The van der Waals surface area contributed by atoms with Crippen LogP contribution in [0.3, 0.4) is 0 Å². The SMILES string of the molecule is O=C(NC1(c2ccccc2)CC1)C1CC12CCNCC2. The van der Waals surface area contributed by atoms with Gasteiger partial charge in [-0.05, 0) is 56.2 Å². The molecule has 3 fully saturated rings. The molecule has 1 aromatic rings. The van der Waals surface area contributed by atoms with E-state index in [4.69, 9.17) is 0 Å². The average molecular weight is 270 g/mol. The lowest BCUT2D eigenvalue weighted by molar-refractivity contribution is -0.124. The van der Waals surface area contributed by atoms with Gasteiger partial charge >= 0.3 is 0 Å². The Bertz CT molecular complexity index is 515. The van der Waals surface area contributed by atoms with Crippen molar-refractivity contribution in [3.63, 3.8) is 0 Å². The summed E-state index contributed by atoms with van der Waals surface area (Å²) in [5, 5.41) is 6.75. The van der Waals surface area contributed by atoms with E-state index in [1.54, 1.807) is 0 Å². The van der Waals surface area contributed by atoms with Crippen molar-refractivity contribution < 1.29 is 4.79 Å². The predicted octanol–water partition coefficient (Wildman–Crippen LogP) is 2.18. The number of carbonyl (C=O) groups is 1. The smallest absolute Gasteiger partial charge is 0.224 e. The van der Waals surface area contributed by atoms with Gasteiger partial charge in [-0.15, -0.1) is 0 Å². The average Bonchev–Trinajstić information content (AvgIpc) is 3.39. The third kappa shape index (κ3) is 1.96. The number of benzene rings is 1. The first-order valence-electron chi connectivity index (χ1n) is 7.83. The Hall–Kier alpha value is -1.35. The van der Waals surface area contributed by atoms with Gasteiger partial charge in [-0.3, -0.25) is 4.79 Å². The van der Waals surface area contributed by atoms with Crippen LogP contribution >= 0.6 is 0 Å². The number of piperidine rings is 1. The fourth-order valence-electron chi connectivity index (χ4n) is 3.89. The minimum Gasteiger partial charge on any atom is -0.346 e. The minimum atomic E-state index is -0.0466. The maximum absolute atomic E-state index is 12.6. The van der Waals surface area contributed by atoms with Crippen LogP contribution in [0, 0.1) is 11.3 Å². The number of rotatable bonds is 3. The molecule has 4 rings (SSSR count). The zero-order valence-corrected chi connectivity index (χ0v) is 11.8. The van der Waals surface area contributed by atoms with Crippen LogP contribution in [0.15, 0.2) is 30.3 Å². The highest BCUT2D eigenvalue weighted by Crippen LogP contribution is 2.59. The molecule has 20 heavy (non-hydrogen) atoms. The fraction of sp³-hybridized carbons (Fsp3) is 0.588. The molecule has 1 unspecified atom stereocenters. The van der Waals surface area contributed by atoms with Crippen molar-refractivity contribution in [3.8, 4) is 0 Å². The van der Waals surface area contributed by atoms with Crippen molar-refractivity contribution in [2.45, 2.75) is 37.6 Å². The lowest BCUT2D eigenvalue weighted by Crippen LogP contribution is -2.38. The van der Waals surface area contributed by atoms with E-state index in [0.29, 0.717) is 11.3 Å². The van der Waals surface area contributed by atoms with Gasteiger partial charge in [-0.25, -0.2) is 0 Å². The molecule has 0 radical (unpaired) electrons. The highest BCUT2D eigenvalue weighted by atomic mass is 16.2. The van der Waals surface area contributed by atoms with Crippen molar-refractivity contribution in [3.05, 3.63) is 35.9 Å². The highest BCUT2D eigenvalue weighted by Gasteiger charge is 2.59. The second-order valence-corrected chi connectivity index (χ2v) is 6.81. The summed E-state index contributed by atoms with van der Waals surface area (Å²) in [5.41, 5.74) is 1.56. The van der Waals surface area contributed by atoms with Crippen molar-refractivity contribution in [2.75, 3.05) is 13.1 Å². The Morgan fingerprint density at radius 2 is 1.80 bits per heavy atom. The Kier molecular flexibility index (Phi) is 2.68. The Balaban J connectivity index is 1.44. The highest BCUT2D eigenvalue weighted by molar-refractivity contribution is 5.84. The topological polar surface area (TPSA) is 41.1 Å². The molecule has 3 nitrogen and oxygen atoms in total. The summed E-state index contributed by atoms with van der Waals surface area (Å²) in [4.78, 5) is 12.6. The van der Waals surface area contributed by atoms with Crippen LogP contribution in [0.5, 0.6) is 0 Å². The third-order valence-corrected chi connectivity index (χ3v) is 5.54. The van der Waals surface area contributed by atoms with Crippen LogP contribution in [-0.4, -0.2) is 19.0 Å². The molecule has 0 aromatic heterocycles. The lowest BCUT2D eigenvalue weighted by Gasteiger charge is -2.24. The maximum Gasteiger partial charge on any atom is 0.224 e. The summed E-state index contributed by atoms with van der Waals surface area (Å²) in [5.74, 6) is 0.569. The van der Waals surface area contributed by atoms with Gasteiger partial charge in [0.2, 0.25) is 5.91 Å². The van der Waals surface area contributed by atoms with Crippen LogP contribution in [0.25, 0.3) is 0 Å². The molecule has 1 heterocycles. The zero-order chi connectivity index (χ0) is 13.6. The third-order valence-electron chi connectivity index (χ3n) is 5.54. The molecule has 0 bridgehead atoms. The first-order valence-corrected chi connectivity index (χ1v) is 7.83. The van der Waals surface area contributed by atoms with E-state index in [-0.39, 0.29) is 11.5 Å². The van der Waals surface area contributed by atoms with Crippen molar-refractivity contribution in [1.82, 2.24) is 10.6 Å². The second kappa shape index (κ2) is 4.32. The number of carbonyl (C=O) groups excluding carboxylic acids is 1. The predicted molar refractivity (Wildman–Crippen MR) is 78.1 cm³/mol. The van der Waals surface area contributed by atoms with Crippen molar-refractivity contribution in [1.29, 1.82) is 0 Å². The van der Waals surface area contributed by atoms with E-state index in [1.165, 1.54) is 18.4 Å².